The molecule has 2 aliphatic heterocycles. The number of rotatable bonds is 3. The van der Waals surface area contributed by atoms with Gasteiger partial charge in [-0.1, -0.05) is 0 Å². The first-order chi connectivity index (χ1) is 8.33. The normalized spacial score (nSPS) is 26.8. The van der Waals surface area contributed by atoms with Gasteiger partial charge in [-0.2, -0.15) is 0 Å². The van der Waals surface area contributed by atoms with Crippen LogP contribution in [-0.4, -0.2) is 49.7 Å². The maximum absolute atomic E-state index is 12.5. The molecule has 2 fully saturated rings. The average molecular weight is 240 g/mol. The van der Waals surface area contributed by atoms with Crippen LogP contribution in [0.1, 0.15) is 32.6 Å². The fraction of sp³-hybridized carbons (Fsp3) is 0.923. The molecule has 0 saturated carbocycles. The fourth-order valence-corrected chi connectivity index (χ4v) is 2.87. The van der Waals surface area contributed by atoms with Gasteiger partial charge in [0.05, 0.1) is 0 Å². The van der Waals surface area contributed by atoms with Crippen molar-refractivity contribution in [1.29, 1.82) is 0 Å². The van der Waals surface area contributed by atoms with Gasteiger partial charge in [-0.15, -0.1) is 0 Å². The minimum absolute atomic E-state index is 0.200. The van der Waals surface area contributed by atoms with E-state index in [4.69, 9.17) is 4.74 Å². The Balaban J connectivity index is 1.93. The van der Waals surface area contributed by atoms with Crippen LogP contribution in [0.25, 0.3) is 0 Å². The van der Waals surface area contributed by atoms with E-state index in [1.54, 1.807) is 0 Å². The highest BCUT2D eigenvalue weighted by atomic mass is 16.5. The second-order valence-corrected chi connectivity index (χ2v) is 5.01. The molecule has 2 aliphatic rings. The van der Waals surface area contributed by atoms with E-state index in [-0.39, 0.29) is 5.92 Å². The van der Waals surface area contributed by atoms with Gasteiger partial charge in [0.1, 0.15) is 0 Å². The van der Waals surface area contributed by atoms with Crippen LogP contribution >= 0.6 is 0 Å². The Morgan fingerprint density at radius 1 is 1.35 bits per heavy atom. The van der Waals surface area contributed by atoms with Gasteiger partial charge in [0.25, 0.3) is 0 Å². The lowest BCUT2D eigenvalue weighted by atomic mass is 9.96. The number of hydrogen-bond acceptors (Lipinski definition) is 3. The Hall–Kier alpha value is -0.610. The quantitative estimate of drug-likeness (QED) is 0.800. The van der Waals surface area contributed by atoms with Crippen molar-refractivity contribution in [2.75, 3.05) is 32.8 Å². The van der Waals surface area contributed by atoms with Crippen LogP contribution in [0.5, 0.6) is 0 Å². The number of likely N-dealkylation sites (N-methyl/N-ethyl adjacent to an activating group) is 1. The zero-order valence-corrected chi connectivity index (χ0v) is 10.8. The minimum Gasteiger partial charge on any atom is -0.381 e. The molecule has 0 radical (unpaired) electrons. The zero-order valence-electron chi connectivity index (χ0n) is 10.8. The number of hydrogen-bond donors (Lipinski definition) is 1. The van der Waals surface area contributed by atoms with Crippen LogP contribution in [0.15, 0.2) is 0 Å². The van der Waals surface area contributed by atoms with Gasteiger partial charge in [0.15, 0.2) is 0 Å². The highest BCUT2D eigenvalue weighted by Crippen LogP contribution is 2.20. The Morgan fingerprint density at radius 2 is 2.12 bits per heavy atom. The largest absolute Gasteiger partial charge is 0.381 e. The van der Waals surface area contributed by atoms with E-state index >= 15 is 0 Å². The summed E-state index contributed by atoms with van der Waals surface area (Å²) in [5.41, 5.74) is 0. The monoisotopic (exact) mass is 240 g/mol. The van der Waals surface area contributed by atoms with Crippen molar-refractivity contribution >= 4 is 5.91 Å². The van der Waals surface area contributed by atoms with Gasteiger partial charge in [0.2, 0.25) is 5.91 Å². The van der Waals surface area contributed by atoms with Crippen molar-refractivity contribution in [3.8, 4) is 0 Å². The summed E-state index contributed by atoms with van der Waals surface area (Å²) < 4.78 is 5.33. The summed E-state index contributed by atoms with van der Waals surface area (Å²) in [6, 6.07) is 0.407. The van der Waals surface area contributed by atoms with Gasteiger partial charge in [-0.25, -0.2) is 0 Å². The summed E-state index contributed by atoms with van der Waals surface area (Å²) >= 11 is 0. The third-order valence-corrected chi connectivity index (χ3v) is 3.91. The van der Waals surface area contributed by atoms with Crippen LogP contribution in [0.3, 0.4) is 0 Å². The molecule has 1 unspecified atom stereocenters. The summed E-state index contributed by atoms with van der Waals surface area (Å²) in [6.45, 7) is 6.48. The number of piperidine rings is 1. The van der Waals surface area contributed by atoms with Crippen LogP contribution in [0.2, 0.25) is 0 Å². The van der Waals surface area contributed by atoms with E-state index in [9.17, 15) is 4.79 Å². The third kappa shape index (κ3) is 3.19. The molecular weight excluding hydrogens is 216 g/mol. The summed E-state index contributed by atoms with van der Waals surface area (Å²) in [5.74, 6) is 0.551. The highest BCUT2D eigenvalue weighted by Gasteiger charge is 2.30. The van der Waals surface area contributed by atoms with Crippen molar-refractivity contribution in [2.45, 2.75) is 38.6 Å². The van der Waals surface area contributed by atoms with E-state index < -0.39 is 0 Å². The Kier molecular flexibility index (Phi) is 4.80. The number of amides is 1. The molecule has 0 aromatic carbocycles. The Morgan fingerprint density at radius 3 is 2.71 bits per heavy atom. The highest BCUT2D eigenvalue weighted by molar-refractivity contribution is 5.79. The number of carbonyl (C=O) groups is 1. The smallest absolute Gasteiger partial charge is 0.226 e. The molecule has 1 N–H and O–H groups in total. The summed E-state index contributed by atoms with van der Waals surface area (Å²) in [4.78, 5) is 14.6. The SMILES string of the molecule is CCN(C(=O)C1CCOCC1)C1CCCNC1. The molecule has 2 rings (SSSR count). The van der Waals surface area contributed by atoms with Crippen LogP contribution in [-0.2, 0) is 9.53 Å². The van der Waals surface area contributed by atoms with Gasteiger partial charge in [-0.05, 0) is 39.2 Å². The lowest BCUT2D eigenvalue weighted by molar-refractivity contribution is -0.141. The predicted octanol–water partition coefficient (Wildman–Crippen LogP) is 1.01. The summed E-state index contributed by atoms with van der Waals surface area (Å²) in [5, 5.41) is 3.39. The van der Waals surface area contributed by atoms with E-state index in [0.717, 1.165) is 52.1 Å². The maximum atomic E-state index is 12.5. The van der Waals surface area contributed by atoms with Gasteiger partial charge in [-0.3, -0.25) is 4.79 Å². The first-order valence-electron chi connectivity index (χ1n) is 6.92. The lowest BCUT2D eigenvalue weighted by Crippen LogP contribution is -2.51. The molecule has 0 aromatic rings. The standard InChI is InChI=1S/C13H24N2O2/c1-2-15(12-4-3-7-14-10-12)13(16)11-5-8-17-9-6-11/h11-12,14H,2-10H2,1H3. The molecular formula is C13H24N2O2. The second kappa shape index (κ2) is 6.36. The molecule has 0 spiro atoms. The molecule has 4 heteroatoms. The third-order valence-electron chi connectivity index (χ3n) is 3.91. The lowest BCUT2D eigenvalue weighted by Gasteiger charge is -2.37. The van der Waals surface area contributed by atoms with Gasteiger partial charge >= 0.3 is 0 Å². The van der Waals surface area contributed by atoms with Crippen molar-refractivity contribution in [2.24, 2.45) is 5.92 Å². The van der Waals surface area contributed by atoms with Gasteiger partial charge < -0.3 is 15.0 Å². The number of carbonyl (C=O) groups excluding carboxylic acids is 1. The van der Waals surface area contributed by atoms with E-state index in [2.05, 4.69) is 17.1 Å². The molecule has 2 saturated heterocycles. The van der Waals surface area contributed by atoms with Gasteiger partial charge in [0, 0.05) is 38.3 Å². The summed E-state index contributed by atoms with van der Waals surface area (Å²) in [7, 11) is 0. The molecule has 2 heterocycles. The molecule has 1 amide bonds. The number of nitrogens with one attached hydrogen (secondary N) is 1. The predicted molar refractivity (Wildman–Crippen MR) is 66.8 cm³/mol. The Bertz CT molecular complexity index is 246. The molecule has 98 valence electrons. The molecule has 4 nitrogen and oxygen atoms in total. The van der Waals surface area contributed by atoms with E-state index in [1.807, 2.05) is 0 Å². The number of nitrogens with zero attached hydrogens (tertiary/aromatic N) is 1. The molecule has 0 aliphatic carbocycles. The minimum atomic E-state index is 0.200. The van der Waals surface area contributed by atoms with Crippen molar-refractivity contribution in [3.05, 3.63) is 0 Å². The molecule has 0 aromatic heterocycles. The van der Waals surface area contributed by atoms with Crippen molar-refractivity contribution in [3.63, 3.8) is 0 Å². The molecule has 1 atom stereocenters. The Labute approximate surface area is 104 Å². The average Bonchev–Trinajstić information content (AvgIpc) is 2.42. The number of ether oxygens (including phenoxy) is 1. The van der Waals surface area contributed by atoms with E-state index in [1.165, 1.54) is 6.42 Å². The first-order valence-corrected chi connectivity index (χ1v) is 6.92. The topological polar surface area (TPSA) is 41.6 Å². The van der Waals surface area contributed by atoms with Crippen LogP contribution in [0.4, 0.5) is 0 Å². The second-order valence-electron chi connectivity index (χ2n) is 5.01. The maximum Gasteiger partial charge on any atom is 0.226 e. The van der Waals surface area contributed by atoms with Crippen molar-refractivity contribution in [1.82, 2.24) is 10.2 Å². The molecule has 17 heavy (non-hydrogen) atoms. The first kappa shape index (κ1) is 12.8. The van der Waals surface area contributed by atoms with Crippen LogP contribution in [0, 0.1) is 5.92 Å². The fourth-order valence-electron chi connectivity index (χ4n) is 2.87. The molecule has 0 bridgehead atoms. The van der Waals surface area contributed by atoms with Crippen molar-refractivity contribution < 1.29 is 9.53 Å². The summed E-state index contributed by atoms with van der Waals surface area (Å²) in [6.07, 6.45) is 4.13. The van der Waals surface area contributed by atoms with Crippen LogP contribution < -0.4 is 5.32 Å². The van der Waals surface area contributed by atoms with E-state index in [0.29, 0.717) is 11.9 Å². The zero-order chi connectivity index (χ0) is 12.1.